The lowest BCUT2D eigenvalue weighted by molar-refractivity contribution is -0.134. The van der Waals surface area contributed by atoms with Gasteiger partial charge in [0, 0.05) is 18.5 Å². The molecule has 1 amide bonds. The fourth-order valence-corrected chi connectivity index (χ4v) is 3.65. The first-order valence-corrected chi connectivity index (χ1v) is 10.4. The topological polar surface area (TPSA) is 73.7 Å². The van der Waals surface area contributed by atoms with Gasteiger partial charge in [-0.25, -0.2) is 9.48 Å². The van der Waals surface area contributed by atoms with Crippen LogP contribution < -0.4 is 4.74 Å². The Bertz CT molecular complexity index is 1070. The maximum absolute atomic E-state index is 12.8. The highest BCUT2D eigenvalue weighted by Crippen LogP contribution is 2.26. The standard InChI is InChI=1S/C24H25N3O4/c1-3-30-24(29)23-20-15-26(22(28)16-31-19-11-9-17(2)10-12-19)14-13-21(20)27(25-23)18-7-5-4-6-8-18/h4-12H,3,13-16H2,1-2H3. The van der Waals surface area contributed by atoms with E-state index in [9.17, 15) is 9.59 Å². The normalized spacial score (nSPS) is 12.9. The summed E-state index contributed by atoms with van der Waals surface area (Å²) in [6.45, 7) is 4.79. The molecule has 0 N–H and O–H groups in total. The minimum absolute atomic E-state index is 0.0556. The Balaban J connectivity index is 1.55. The van der Waals surface area contributed by atoms with Crippen LogP contribution >= 0.6 is 0 Å². The summed E-state index contributed by atoms with van der Waals surface area (Å²) in [5, 5.41) is 4.55. The summed E-state index contributed by atoms with van der Waals surface area (Å²) in [6.07, 6.45) is 0.590. The maximum Gasteiger partial charge on any atom is 0.359 e. The number of nitrogens with zero attached hydrogens (tertiary/aromatic N) is 3. The van der Waals surface area contributed by atoms with Gasteiger partial charge in [0.05, 0.1) is 24.5 Å². The first-order valence-electron chi connectivity index (χ1n) is 10.4. The van der Waals surface area contributed by atoms with Crippen molar-refractivity contribution in [3.8, 4) is 11.4 Å². The van der Waals surface area contributed by atoms with Crippen molar-refractivity contribution in [1.82, 2.24) is 14.7 Å². The number of carbonyl (C=O) groups excluding carboxylic acids is 2. The number of aromatic nitrogens is 2. The van der Waals surface area contributed by atoms with E-state index in [0.717, 1.165) is 22.5 Å². The Morgan fingerprint density at radius 3 is 2.52 bits per heavy atom. The Kier molecular flexibility index (Phi) is 6.02. The number of rotatable bonds is 6. The molecule has 0 saturated carbocycles. The third-order valence-electron chi connectivity index (χ3n) is 5.26. The van der Waals surface area contributed by atoms with Crippen LogP contribution in [0.25, 0.3) is 5.69 Å². The van der Waals surface area contributed by atoms with Crippen molar-refractivity contribution in [1.29, 1.82) is 0 Å². The average Bonchev–Trinajstić information content (AvgIpc) is 3.18. The van der Waals surface area contributed by atoms with Crippen LogP contribution in [0.15, 0.2) is 54.6 Å². The number of hydrogen-bond acceptors (Lipinski definition) is 5. The van der Waals surface area contributed by atoms with Crippen LogP contribution in [0.1, 0.15) is 34.2 Å². The molecule has 1 aliphatic heterocycles. The molecule has 160 valence electrons. The molecule has 0 aliphatic carbocycles. The first kappa shape index (κ1) is 20.7. The molecule has 4 rings (SSSR count). The largest absolute Gasteiger partial charge is 0.484 e. The van der Waals surface area contributed by atoms with Crippen molar-refractivity contribution >= 4 is 11.9 Å². The molecule has 31 heavy (non-hydrogen) atoms. The molecule has 0 atom stereocenters. The van der Waals surface area contributed by atoms with Crippen LogP contribution in [-0.4, -0.2) is 46.3 Å². The lowest BCUT2D eigenvalue weighted by atomic mass is 10.0. The van der Waals surface area contributed by atoms with Gasteiger partial charge in [-0.1, -0.05) is 35.9 Å². The van der Waals surface area contributed by atoms with Gasteiger partial charge in [0.15, 0.2) is 12.3 Å². The van der Waals surface area contributed by atoms with Crippen LogP contribution in [-0.2, 0) is 22.5 Å². The molecule has 0 spiro atoms. The van der Waals surface area contributed by atoms with Crippen molar-refractivity contribution in [2.24, 2.45) is 0 Å². The van der Waals surface area contributed by atoms with Gasteiger partial charge >= 0.3 is 5.97 Å². The average molecular weight is 419 g/mol. The van der Waals surface area contributed by atoms with Gasteiger partial charge in [-0.05, 0) is 38.1 Å². The number of carbonyl (C=O) groups is 2. The van der Waals surface area contributed by atoms with Crippen molar-refractivity contribution in [3.05, 3.63) is 77.1 Å². The Labute approximate surface area is 181 Å². The molecule has 0 radical (unpaired) electrons. The zero-order valence-electron chi connectivity index (χ0n) is 17.7. The smallest absolute Gasteiger partial charge is 0.359 e. The van der Waals surface area contributed by atoms with Gasteiger partial charge in [0.25, 0.3) is 5.91 Å². The van der Waals surface area contributed by atoms with E-state index in [4.69, 9.17) is 9.47 Å². The summed E-state index contributed by atoms with van der Waals surface area (Å²) >= 11 is 0. The summed E-state index contributed by atoms with van der Waals surface area (Å²) < 4.78 is 12.6. The fourth-order valence-electron chi connectivity index (χ4n) is 3.65. The van der Waals surface area contributed by atoms with E-state index in [0.29, 0.717) is 25.3 Å². The Morgan fingerprint density at radius 1 is 1.06 bits per heavy atom. The van der Waals surface area contributed by atoms with Gasteiger partial charge < -0.3 is 14.4 Å². The molecule has 2 heterocycles. The molecule has 1 aliphatic rings. The van der Waals surface area contributed by atoms with E-state index >= 15 is 0 Å². The Hall–Kier alpha value is -3.61. The molecule has 3 aromatic rings. The van der Waals surface area contributed by atoms with Crippen LogP contribution in [0.5, 0.6) is 5.75 Å². The third kappa shape index (κ3) is 4.45. The summed E-state index contributed by atoms with van der Waals surface area (Å²) in [7, 11) is 0. The number of para-hydroxylation sites is 1. The van der Waals surface area contributed by atoms with Crippen LogP contribution in [0.2, 0.25) is 0 Å². The molecule has 2 aromatic carbocycles. The fraction of sp³-hybridized carbons (Fsp3) is 0.292. The van der Waals surface area contributed by atoms with Crippen LogP contribution in [0.3, 0.4) is 0 Å². The molecule has 0 unspecified atom stereocenters. The minimum atomic E-state index is -0.473. The third-order valence-corrected chi connectivity index (χ3v) is 5.26. The number of esters is 1. The Morgan fingerprint density at radius 2 is 1.81 bits per heavy atom. The zero-order valence-corrected chi connectivity index (χ0v) is 17.7. The summed E-state index contributed by atoms with van der Waals surface area (Å²) in [4.78, 5) is 27.0. The number of aryl methyl sites for hydroxylation is 1. The minimum Gasteiger partial charge on any atom is -0.484 e. The number of amides is 1. The maximum atomic E-state index is 12.8. The predicted molar refractivity (Wildman–Crippen MR) is 115 cm³/mol. The van der Waals surface area contributed by atoms with Gasteiger partial charge in [-0.2, -0.15) is 5.10 Å². The molecule has 0 bridgehead atoms. The molecule has 7 heteroatoms. The molecule has 0 saturated heterocycles. The van der Waals surface area contributed by atoms with Crippen LogP contribution in [0.4, 0.5) is 0 Å². The van der Waals surface area contributed by atoms with E-state index < -0.39 is 5.97 Å². The highest BCUT2D eigenvalue weighted by atomic mass is 16.5. The highest BCUT2D eigenvalue weighted by Gasteiger charge is 2.31. The van der Waals surface area contributed by atoms with Crippen LogP contribution in [0, 0.1) is 6.92 Å². The van der Waals surface area contributed by atoms with Gasteiger partial charge in [0.2, 0.25) is 0 Å². The van der Waals surface area contributed by atoms with Crippen molar-refractivity contribution in [3.63, 3.8) is 0 Å². The SMILES string of the molecule is CCOC(=O)c1nn(-c2ccccc2)c2c1CN(C(=O)COc1ccc(C)cc1)CC2. The second-order valence-electron chi connectivity index (χ2n) is 7.41. The van der Waals surface area contributed by atoms with Crippen molar-refractivity contribution in [2.45, 2.75) is 26.8 Å². The van der Waals surface area contributed by atoms with Crippen molar-refractivity contribution < 1.29 is 19.1 Å². The lowest BCUT2D eigenvalue weighted by Gasteiger charge is -2.27. The van der Waals surface area contributed by atoms with Crippen molar-refractivity contribution in [2.75, 3.05) is 19.8 Å². The molecule has 7 nitrogen and oxygen atoms in total. The first-order chi connectivity index (χ1) is 15.1. The number of fused-ring (bicyclic) bond motifs is 1. The second kappa shape index (κ2) is 9.04. The predicted octanol–water partition coefficient (Wildman–Crippen LogP) is 3.32. The van der Waals surface area contributed by atoms with Gasteiger partial charge in [-0.15, -0.1) is 0 Å². The summed E-state index contributed by atoms with van der Waals surface area (Å²) in [5.41, 5.74) is 3.92. The number of hydrogen-bond donors (Lipinski definition) is 0. The molecular weight excluding hydrogens is 394 g/mol. The summed E-state index contributed by atoms with van der Waals surface area (Å²) in [5.74, 6) is 0.0490. The molecular formula is C24H25N3O4. The zero-order chi connectivity index (χ0) is 21.8. The van der Waals surface area contributed by atoms with Gasteiger partial charge in [0.1, 0.15) is 5.75 Å². The van der Waals surface area contributed by atoms with Gasteiger partial charge in [-0.3, -0.25) is 4.79 Å². The van der Waals surface area contributed by atoms with E-state index in [2.05, 4.69) is 5.10 Å². The number of benzene rings is 2. The number of ether oxygens (including phenoxy) is 2. The van der Waals surface area contributed by atoms with E-state index in [1.165, 1.54) is 0 Å². The monoisotopic (exact) mass is 419 g/mol. The lowest BCUT2D eigenvalue weighted by Crippen LogP contribution is -2.39. The molecule has 1 aromatic heterocycles. The molecule has 0 fully saturated rings. The summed E-state index contributed by atoms with van der Waals surface area (Å²) in [6, 6.07) is 17.2. The van der Waals surface area contributed by atoms with E-state index in [-0.39, 0.29) is 24.8 Å². The second-order valence-corrected chi connectivity index (χ2v) is 7.41. The quantitative estimate of drug-likeness (QED) is 0.573. The highest BCUT2D eigenvalue weighted by molar-refractivity contribution is 5.90. The van der Waals surface area contributed by atoms with E-state index in [1.54, 1.807) is 16.5 Å². The van der Waals surface area contributed by atoms with E-state index in [1.807, 2.05) is 61.5 Å².